The molecule has 30 heavy (non-hydrogen) atoms. The Hall–Kier alpha value is -2.21. The van der Waals surface area contributed by atoms with Gasteiger partial charge in [-0.1, -0.05) is 94.3 Å². The Morgan fingerprint density at radius 2 is 1.50 bits per heavy atom. The fraction of sp³-hybridized carbons (Fsp3) is 0.200. The van der Waals surface area contributed by atoms with E-state index in [1.54, 1.807) is 12.1 Å². The van der Waals surface area contributed by atoms with E-state index in [2.05, 4.69) is 15.9 Å². The first-order valence-corrected chi connectivity index (χ1v) is 12.5. The highest BCUT2D eigenvalue weighted by Crippen LogP contribution is 2.45. The van der Waals surface area contributed by atoms with Crippen molar-refractivity contribution in [2.75, 3.05) is 5.33 Å². The molecule has 0 spiro atoms. The largest absolute Gasteiger partial charge is 0.364 e. The van der Waals surface area contributed by atoms with E-state index in [0.29, 0.717) is 21.6 Å². The van der Waals surface area contributed by atoms with Crippen LogP contribution in [-0.4, -0.2) is 19.9 Å². The van der Waals surface area contributed by atoms with E-state index in [1.165, 1.54) is 0 Å². The summed E-state index contributed by atoms with van der Waals surface area (Å²) >= 11 is 3.54. The Morgan fingerprint density at radius 1 is 0.900 bits per heavy atom. The molecular formula is C25H23BrO3S. The minimum atomic E-state index is -3.77. The first-order valence-electron chi connectivity index (χ1n) is 9.87. The molecule has 0 unspecified atom stereocenters. The van der Waals surface area contributed by atoms with Crippen molar-refractivity contribution in [3.05, 3.63) is 107 Å². The van der Waals surface area contributed by atoms with Gasteiger partial charge in [0.1, 0.15) is 6.10 Å². The zero-order chi connectivity index (χ0) is 21.1. The van der Waals surface area contributed by atoms with Crippen LogP contribution in [0.1, 0.15) is 29.2 Å². The summed E-state index contributed by atoms with van der Waals surface area (Å²) in [5.41, 5.74) is 3.59. The summed E-state index contributed by atoms with van der Waals surface area (Å²) in [4.78, 5) is 0.624. The van der Waals surface area contributed by atoms with E-state index < -0.39 is 15.9 Å². The summed E-state index contributed by atoms with van der Waals surface area (Å²) in [5.74, 6) is 0. The molecule has 1 aliphatic rings. The Bertz CT molecular complexity index is 1140. The Morgan fingerprint density at radius 3 is 2.10 bits per heavy atom. The predicted octanol–water partition coefficient (Wildman–Crippen LogP) is 6.11. The maximum atomic E-state index is 13.9. The van der Waals surface area contributed by atoms with Gasteiger partial charge < -0.3 is 4.74 Å². The lowest BCUT2D eigenvalue weighted by atomic mass is 9.93. The highest BCUT2D eigenvalue weighted by atomic mass is 79.9. The quantitative estimate of drug-likeness (QED) is 0.412. The van der Waals surface area contributed by atoms with E-state index in [-0.39, 0.29) is 6.10 Å². The van der Waals surface area contributed by atoms with Crippen LogP contribution in [0.5, 0.6) is 0 Å². The molecule has 0 bridgehead atoms. The van der Waals surface area contributed by atoms with Crippen molar-refractivity contribution in [3.8, 4) is 0 Å². The van der Waals surface area contributed by atoms with Crippen LogP contribution in [0.3, 0.4) is 0 Å². The lowest BCUT2D eigenvalue weighted by Crippen LogP contribution is -2.29. The minimum Gasteiger partial charge on any atom is -0.364 e. The first-order chi connectivity index (χ1) is 14.5. The average Bonchev–Trinajstić information content (AvgIpc) is 2.79. The fourth-order valence-corrected chi connectivity index (χ4v) is 5.91. The van der Waals surface area contributed by atoms with E-state index in [1.807, 2.05) is 79.7 Å². The predicted molar refractivity (Wildman–Crippen MR) is 124 cm³/mol. The van der Waals surface area contributed by atoms with Gasteiger partial charge in [0.25, 0.3) is 0 Å². The van der Waals surface area contributed by atoms with Crippen molar-refractivity contribution >= 4 is 31.3 Å². The van der Waals surface area contributed by atoms with Crippen LogP contribution >= 0.6 is 15.9 Å². The highest BCUT2D eigenvalue weighted by Gasteiger charge is 2.39. The van der Waals surface area contributed by atoms with Gasteiger partial charge in [-0.15, -0.1) is 0 Å². The van der Waals surface area contributed by atoms with Gasteiger partial charge in [0.2, 0.25) is 9.84 Å². The molecule has 0 aliphatic carbocycles. The molecule has 0 aromatic heterocycles. The molecule has 0 saturated carbocycles. The van der Waals surface area contributed by atoms with Gasteiger partial charge in [-0.25, -0.2) is 8.42 Å². The molecule has 0 saturated heterocycles. The first kappa shape index (κ1) is 21.0. The summed E-state index contributed by atoms with van der Waals surface area (Å²) in [5, 5.41) is 0.629. The molecule has 154 valence electrons. The van der Waals surface area contributed by atoms with Crippen molar-refractivity contribution in [3.63, 3.8) is 0 Å². The average molecular weight is 483 g/mol. The molecule has 0 amide bonds. The van der Waals surface area contributed by atoms with Crippen LogP contribution in [0.4, 0.5) is 0 Å². The zero-order valence-electron chi connectivity index (χ0n) is 16.7. The SMILES string of the molecule is Cc1ccc(S(=O)(=O)C2=C(c3ccccc3)C[C@@H](CBr)O[C@H]2c2ccccc2)cc1. The van der Waals surface area contributed by atoms with Gasteiger partial charge in [0.15, 0.2) is 0 Å². The van der Waals surface area contributed by atoms with Crippen LogP contribution in [0.15, 0.2) is 94.7 Å². The Kier molecular flexibility index (Phi) is 6.23. The molecule has 4 rings (SSSR count). The van der Waals surface area contributed by atoms with Gasteiger partial charge >= 0.3 is 0 Å². The number of rotatable bonds is 5. The van der Waals surface area contributed by atoms with Gasteiger partial charge in [-0.05, 0) is 35.8 Å². The Balaban J connectivity index is 1.99. The normalized spacial score (nSPS) is 19.7. The van der Waals surface area contributed by atoms with Crippen molar-refractivity contribution in [1.82, 2.24) is 0 Å². The molecule has 1 aliphatic heterocycles. The Labute approximate surface area is 186 Å². The molecule has 2 atom stereocenters. The van der Waals surface area contributed by atoms with Gasteiger partial charge in [0.05, 0.1) is 15.9 Å². The van der Waals surface area contributed by atoms with Crippen molar-refractivity contribution in [1.29, 1.82) is 0 Å². The number of hydrogen-bond acceptors (Lipinski definition) is 3. The van der Waals surface area contributed by atoms with Crippen molar-refractivity contribution in [2.45, 2.75) is 30.4 Å². The smallest absolute Gasteiger partial charge is 0.206 e. The second kappa shape index (κ2) is 8.88. The van der Waals surface area contributed by atoms with E-state index >= 15 is 0 Å². The third-order valence-electron chi connectivity index (χ3n) is 5.31. The number of ether oxygens (including phenoxy) is 1. The molecular weight excluding hydrogens is 460 g/mol. The van der Waals surface area contributed by atoms with E-state index in [4.69, 9.17) is 4.74 Å². The number of alkyl halides is 1. The van der Waals surface area contributed by atoms with Gasteiger partial charge in [-0.3, -0.25) is 0 Å². The number of benzene rings is 3. The zero-order valence-corrected chi connectivity index (χ0v) is 19.1. The lowest BCUT2D eigenvalue weighted by Gasteiger charge is -2.34. The lowest BCUT2D eigenvalue weighted by molar-refractivity contribution is 0.0197. The van der Waals surface area contributed by atoms with Crippen LogP contribution in [-0.2, 0) is 14.6 Å². The number of aryl methyl sites for hydroxylation is 1. The van der Waals surface area contributed by atoms with Crippen LogP contribution in [0, 0.1) is 6.92 Å². The maximum Gasteiger partial charge on any atom is 0.206 e. The molecule has 3 aromatic rings. The molecule has 3 nitrogen and oxygen atoms in total. The maximum absolute atomic E-state index is 13.9. The van der Waals surface area contributed by atoms with E-state index in [9.17, 15) is 8.42 Å². The molecule has 0 radical (unpaired) electrons. The van der Waals surface area contributed by atoms with Crippen LogP contribution in [0.2, 0.25) is 0 Å². The number of sulfone groups is 1. The molecule has 5 heteroatoms. The van der Waals surface area contributed by atoms with Gasteiger partial charge in [-0.2, -0.15) is 0 Å². The number of halogens is 1. The molecule has 1 heterocycles. The third-order valence-corrected chi connectivity index (χ3v) is 7.97. The van der Waals surface area contributed by atoms with Crippen LogP contribution < -0.4 is 0 Å². The molecule has 3 aromatic carbocycles. The van der Waals surface area contributed by atoms with Crippen molar-refractivity contribution < 1.29 is 13.2 Å². The second-order valence-electron chi connectivity index (χ2n) is 7.43. The van der Waals surface area contributed by atoms with E-state index in [0.717, 1.165) is 22.3 Å². The van der Waals surface area contributed by atoms with Gasteiger partial charge in [0, 0.05) is 11.8 Å². The summed E-state index contributed by atoms with van der Waals surface area (Å²) in [6, 6.07) is 26.4. The summed E-state index contributed by atoms with van der Waals surface area (Å²) in [6.07, 6.45) is -0.259. The molecule has 0 fully saturated rings. The van der Waals surface area contributed by atoms with Crippen LogP contribution in [0.25, 0.3) is 5.57 Å². The second-order valence-corrected chi connectivity index (χ2v) is 10.00. The minimum absolute atomic E-state index is 0.123. The third kappa shape index (κ3) is 4.15. The number of hydrogen-bond donors (Lipinski definition) is 0. The standard InChI is InChI=1S/C25H23BrO3S/c1-18-12-14-22(15-13-18)30(27,28)25-23(19-8-4-2-5-9-19)16-21(17-26)29-24(25)20-10-6-3-7-11-20/h2-15,21,24H,16-17H2,1H3/t21-,24-/m0/s1. The summed E-state index contributed by atoms with van der Waals surface area (Å²) in [7, 11) is -3.77. The fourth-order valence-electron chi connectivity index (χ4n) is 3.78. The summed E-state index contributed by atoms with van der Waals surface area (Å²) in [6.45, 7) is 1.95. The monoisotopic (exact) mass is 482 g/mol. The topological polar surface area (TPSA) is 43.4 Å². The highest BCUT2D eigenvalue weighted by molar-refractivity contribution is 9.09. The molecule has 0 N–H and O–H groups in total. The summed E-state index contributed by atoms with van der Waals surface area (Å²) < 4.78 is 34.2. The van der Waals surface area contributed by atoms with Crippen molar-refractivity contribution in [2.24, 2.45) is 0 Å².